The lowest BCUT2D eigenvalue weighted by Crippen LogP contribution is -2.26. The smallest absolute Gasteiger partial charge is 0.255 e. The number of thioether (sulfide) groups is 1. The van der Waals surface area contributed by atoms with Gasteiger partial charge in [-0.25, -0.2) is 0 Å². The predicted molar refractivity (Wildman–Crippen MR) is 111 cm³/mol. The van der Waals surface area contributed by atoms with Crippen LogP contribution in [0.25, 0.3) is 0 Å². The Balaban J connectivity index is 1.55. The number of rotatable bonds is 4. The van der Waals surface area contributed by atoms with Crippen molar-refractivity contribution < 1.29 is 14.3 Å². The second kappa shape index (κ2) is 7.78. The van der Waals surface area contributed by atoms with Gasteiger partial charge in [0.15, 0.2) is 5.75 Å². The van der Waals surface area contributed by atoms with Crippen LogP contribution in [0.5, 0.6) is 11.5 Å². The summed E-state index contributed by atoms with van der Waals surface area (Å²) in [6.07, 6.45) is 0. The first kappa shape index (κ1) is 18.1. The van der Waals surface area contributed by atoms with Crippen molar-refractivity contribution in [3.8, 4) is 11.5 Å². The molecule has 2 amide bonds. The number of amides is 2. The van der Waals surface area contributed by atoms with Gasteiger partial charge in [0.25, 0.3) is 5.91 Å². The number of hydrogen-bond donors (Lipinski definition) is 2. The van der Waals surface area contributed by atoms with Crippen LogP contribution in [0.2, 0.25) is 0 Å². The molecule has 3 aromatic carbocycles. The number of nitrogens with one attached hydrogen (secondary N) is 2. The van der Waals surface area contributed by atoms with E-state index in [4.69, 9.17) is 4.74 Å². The van der Waals surface area contributed by atoms with Crippen LogP contribution >= 0.6 is 11.8 Å². The molecule has 0 aromatic heterocycles. The summed E-state index contributed by atoms with van der Waals surface area (Å²) >= 11 is 1.48. The molecule has 1 heterocycles. The summed E-state index contributed by atoms with van der Waals surface area (Å²) in [5.41, 5.74) is 1.69. The van der Waals surface area contributed by atoms with Crippen LogP contribution < -0.4 is 15.4 Å². The summed E-state index contributed by atoms with van der Waals surface area (Å²) < 4.78 is 5.89. The summed E-state index contributed by atoms with van der Waals surface area (Å²) in [5, 5.41) is 5.59. The molecular weight excluding hydrogens is 372 g/mol. The Kier molecular flexibility index (Phi) is 5.04. The van der Waals surface area contributed by atoms with Gasteiger partial charge in [-0.1, -0.05) is 30.3 Å². The fourth-order valence-electron chi connectivity index (χ4n) is 2.82. The fourth-order valence-corrected chi connectivity index (χ4v) is 3.75. The van der Waals surface area contributed by atoms with E-state index < -0.39 is 0 Å². The van der Waals surface area contributed by atoms with Crippen molar-refractivity contribution in [2.24, 2.45) is 0 Å². The summed E-state index contributed by atoms with van der Waals surface area (Å²) in [7, 11) is 0. The maximum Gasteiger partial charge on any atom is 0.255 e. The van der Waals surface area contributed by atoms with E-state index in [0.717, 1.165) is 4.90 Å². The van der Waals surface area contributed by atoms with E-state index in [9.17, 15) is 9.59 Å². The molecule has 6 heteroatoms. The van der Waals surface area contributed by atoms with Gasteiger partial charge >= 0.3 is 0 Å². The van der Waals surface area contributed by atoms with E-state index in [0.29, 0.717) is 28.4 Å². The molecule has 1 aliphatic rings. The number of hydrogen-bond acceptors (Lipinski definition) is 4. The van der Waals surface area contributed by atoms with Crippen LogP contribution in [0, 0.1) is 0 Å². The van der Waals surface area contributed by atoms with E-state index in [1.54, 1.807) is 24.3 Å². The van der Waals surface area contributed by atoms with Gasteiger partial charge in [0.2, 0.25) is 5.91 Å². The molecule has 3 aromatic rings. The Morgan fingerprint density at radius 1 is 1.04 bits per heavy atom. The molecule has 0 spiro atoms. The van der Waals surface area contributed by atoms with Gasteiger partial charge in [0, 0.05) is 10.5 Å². The second-order valence-corrected chi connectivity index (χ2v) is 7.71. The zero-order valence-corrected chi connectivity index (χ0v) is 16.0. The van der Waals surface area contributed by atoms with Gasteiger partial charge in [-0.05, 0) is 49.4 Å². The van der Waals surface area contributed by atoms with Crippen molar-refractivity contribution in [2.45, 2.75) is 17.1 Å². The molecule has 0 fully saturated rings. The number of ether oxygens (including phenoxy) is 1. The number of para-hydroxylation sites is 3. The average Bonchev–Trinajstić information content (AvgIpc) is 2.71. The number of benzene rings is 3. The van der Waals surface area contributed by atoms with Crippen LogP contribution in [0.15, 0.2) is 77.7 Å². The van der Waals surface area contributed by atoms with Crippen LogP contribution in [-0.4, -0.2) is 17.1 Å². The van der Waals surface area contributed by atoms with E-state index in [-0.39, 0.29) is 17.1 Å². The summed E-state index contributed by atoms with van der Waals surface area (Å²) in [5.74, 6) is 0.908. The number of carbonyl (C=O) groups excluding carboxylic acids is 2. The predicted octanol–water partition coefficient (Wildman–Crippen LogP) is 5.16. The molecule has 28 heavy (non-hydrogen) atoms. The standard InChI is InChI=1S/C22H18N2O3S/c1-14-21(25)24-18-13-15(11-12-20(18)28-14)22(26)23-17-9-5-6-10-19(17)27-16-7-3-2-4-8-16/h2-14H,1H3,(H,23,26)(H,24,25). The maximum atomic E-state index is 12.8. The van der Waals surface area contributed by atoms with Gasteiger partial charge < -0.3 is 15.4 Å². The zero-order chi connectivity index (χ0) is 19.5. The molecular formula is C22H18N2O3S. The van der Waals surface area contributed by atoms with Crippen molar-refractivity contribution in [2.75, 3.05) is 10.6 Å². The monoisotopic (exact) mass is 390 g/mol. The summed E-state index contributed by atoms with van der Waals surface area (Å²) in [6, 6.07) is 22.0. The van der Waals surface area contributed by atoms with Gasteiger partial charge in [-0.15, -0.1) is 11.8 Å². The molecule has 1 unspecified atom stereocenters. The lowest BCUT2D eigenvalue weighted by molar-refractivity contribution is -0.115. The molecule has 5 nitrogen and oxygen atoms in total. The Hall–Kier alpha value is -3.25. The van der Waals surface area contributed by atoms with Gasteiger partial charge in [-0.3, -0.25) is 9.59 Å². The summed E-state index contributed by atoms with van der Waals surface area (Å²) in [6.45, 7) is 1.85. The minimum absolute atomic E-state index is 0.0586. The van der Waals surface area contributed by atoms with E-state index in [1.807, 2.05) is 55.5 Å². The molecule has 1 aliphatic heterocycles. The zero-order valence-electron chi connectivity index (χ0n) is 15.1. The lowest BCUT2D eigenvalue weighted by Gasteiger charge is -2.21. The molecule has 0 saturated carbocycles. The van der Waals surface area contributed by atoms with Crippen LogP contribution in [0.1, 0.15) is 17.3 Å². The Labute approximate surface area is 167 Å². The maximum absolute atomic E-state index is 12.8. The van der Waals surface area contributed by atoms with Crippen molar-refractivity contribution in [3.63, 3.8) is 0 Å². The third-order valence-corrected chi connectivity index (χ3v) is 5.46. The van der Waals surface area contributed by atoms with Gasteiger partial charge in [0.1, 0.15) is 5.75 Å². The minimum atomic E-state index is -0.273. The molecule has 0 aliphatic carbocycles. The van der Waals surface area contributed by atoms with Crippen molar-refractivity contribution in [3.05, 3.63) is 78.4 Å². The SMILES string of the molecule is CC1Sc2ccc(C(=O)Nc3ccccc3Oc3ccccc3)cc2NC1=O. The highest BCUT2D eigenvalue weighted by Crippen LogP contribution is 2.36. The fraction of sp³-hybridized carbons (Fsp3) is 0.0909. The highest BCUT2D eigenvalue weighted by molar-refractivity contribution is 8.00. The molecule has 140 valence electrons. The highest BCUT2D eigenvalue weighted by Gasteiger charge is 2.24. The summed E-state index contributed by atoms with van der Waals surface area (Å²) in [4.78, 5) is 25.6. The van der Waals surface area contributed by atoms with E-state index in [1.165, 1.54) is 11.8 Å². The Morgan fingerprint density at radius 3 is 2.61 bits per heavy atom. The topological polar surface area (TPSA) is 67.4 Å². The third kappa shape index (κ3) is 3.87. The number of anilines is 2. The van der Waals surface area contributed by atoms with Crippen LogP contribution in [0.4, 0.5) is 11.4 Å². The highest BCUT2D eigenvalue weighted by atomic mass is 32.2. The van der Waals surface area contributed by atoms with Crippen molar-refractivity contribution in [1.29, 1.82) is 0 Å². The minimum Gasteiger partial charge on any atom is -0.455 e. The Morgan fingerprint density at radius 2 is 1.79 bits per heavy atom. The van der Waals surface area contributed by atoms with Gasteiger partial charge in [0.05, 0.1) is 16.6 Å². The largest absolute Gasteiger partial charge is 0.455 e. The third-order valence-electron chi connectivity index (χ3n) is 4.28. The van der Waals surface area contributed by atoms with E-state index >= 15 is 0 Å². The van der Waals surface area contributed by atoms with Crippen molar-refractivity contribution in [1.82, 2.24) is 0 Å². The van der Waals surface area contributed by atoms with Gasteiger partial charge in [-0.2, -0.15) is 0 Å². The van der Waals surface area contributed by atoms with Crippen LogP contribution in [-0.2, 0) is 4.79 Å². The number of carbonyl (C=O) groups is 2. The molecule has 2 N–H and O–H groups in total. The lowest BCUT2D eigenvalue weighted by atomic mass is 10.1. The molecule has 0 radical (unpaired) electrons. The molecule has 0 bridgehead atoms. The van der Waals surface area contributed by atoms with Crippen LogP contribution in [0.3, 0.4) is 0 Å². The second-order valence-electron chi connectivity index (χ2n) is 6.33. The first-order valence-corrected chi connectivity index (χ1v) is 9.73. The average molecular weight is 390 g/mol. The normalized spacial score (nSPS) is 15.3. The Bertz CT molecular complexity index is 1040. The first-order valence-electron chi connectivity index (χ1n) is 8.85. The van der Waals surface area contributed by atoms with E-state index in [2.05, 4.69) is 10.6 Å². The quantitative estimate of drug-likeness (QED) is 0.645. The molecule has 1 atom stereocenters. The molecule has 0 saturated heterocycles. The molecule has 4 rings (SSSR count). The first-order chi connectivity index (χ1) is 13.6. The van der Waals surface area contributed by atoms with Crippen molar-refractivity contribution >= 4 is 35.0 Å². The number of fused-ring (bicyclic) bond motifs is 1.